The Kier molecular flexibility index (Phi) is 5.72. The normalized spacial score (nSPS) is 10.8. The number of oxime groups is 1. The Bertz CT molecular complexity index is 632. The smallest absolute Gasteiger partial charge is 0.139 e. The van der Waals surface area contributed by atoms with Crippen molar-refractivity contribution in [1.29, 1.82) is 0 Å². The molecule has 0 unspecified atom stereocenters. The highest BCUT2D eigenvalue weighted by molar-refractivity contribution is 6.34. The van der Waals surface area contributed by atoms with Crippen LogP contribution in [0.3, 0.4) is 0 Å². The van der Waals surface area contributed by atoms with Crippen molar-refractivity contribution in [3.8, 4) is 11.5 Å². The molecule has 0 fully saturated rings. The first-order valence-electron chi connectivity index (χ1n) is 6.18. The summed E-state index contributed by atoms with van der Waals surface area (Å²) < 4.78 is 11.1. The van der Waals surface area contributed by atoms with Crippen molar-refractivity contribution in [2.75, 3.05) is 13.2 Å². The molecule has 6 heteroatoms. The van der Waals surface area contributed by atoms with Gasteiger partial charge in [0.05, 0.1) is 11.2 Å². The van der Waals surface area contributed by atoms with Crippen LogP contribution >= 0.6 is 23.2 Å². The summed E-state index contributed by atoms with van der Waals surface area (Å²) in [4.78, 5) is 0. The maximum Gasteiger partial charge on any atom is 0.139 e. The van der Waals surface area contributed by atoms with Gasteiger partial charge < -0.3 is 14.7 Å². The second-order valence-corrected chi connectivity index (χ2v) is 4.90. The number of rotatable bonds is 6. The Hall–Kier alpha value is -1.91. The molecule has 0 heterocycles. The summed E-state index contributed by atoms with van der Waals surface area (Å²) in [5, 5.41) is 12.6. The molecule has 2 rings (SSSR count). The minimum Gasteiger partial charge on any atom is -0.489 e. The van der Waals surface area contributed by atoms with Crippen molar-refractivity contribution < 1.29 is 14.7 Å². The fourth-order valence-corrected chi connectivity index (χ4v) is 2.01. The van der Waals surface area contributed by atoms with Crippen LogP contribution in [-0.4, -0.2) is 24.6 Å². The van der Waals surface area contributed by atoms with Gasteiger partial charge in [-0.2, -0.15) is 0 Å². The molecular formula is C15H13Cl2NO3. The number of halogens is 2. The van der Waals surface area contributed by atoms with E-state index in [1.54, 1.807) is 30.3 Å². The predicted octanol–water partition coefficient (Wildman–Crippen LogP) is 4.26. The Balaban J connectivity index is 1.89. The number of nitrogens with zero attached hydrogens (tertiary/aromatic N) is 1. The summed E-state index contributed by atoms with van der Waals surface area (Å²) in [6.07, 6.45) is 1.31. The molecule has 4 nitrogen and oxygen atoms in total. The van der Waals surface area contributed by atoms with E-state index in [0.29, 0.717) is 40.3 Å². The first-order valence-corrected chi connectivity index (χ1v) is 6.93. The van der Waals surface area contributed by atoms with E-state index in [-0.39, 0.29) is 0 Å². The molecule has 0 saturated heterocycles. The van der Waals surface area contributed by atoms with Crippen molar-refractivity contribution in [2.45, 2.75) is 0 Å². The lowest BCUT2D eigenvalue weighted by Crippen LogP contribution is -2.10. The number of ether oxygens (including phenoxy) is 2. The molecule has 0 atom stereocenters. The summed E-state index contributed by atoms with van der Waals surface area (Å²) >= 11 is 11.9. The Morgan fingerprint density at radius 3 is 2.48 bits per heavy atom. The van der Waals surface area contributed by atoms with E-state index < -0.39 is 0 Å². The van der Waals surface area contributed by atoms with Gasteiger partial charge in [0.2, 0.25) is 0 Å². The topological polar surface area (TPSA) is 51.1 Å². The van der Waals surface area contributed by atoms with Gasteiger partial charge in [0, 0.05) is 16.7 Å². The zero-order valence-corrected chi connectivity index (χ0v) is 12.5. The van der Waals surface area contributed by atoms with Gasteiger partial charge in [0.25, 0.3) is 0 Å². The molecule has 1 N–H and O–H groups in total. The highest BCUT2D eigenvalue weighted by Gasteiger charge is 2.04. The first kappa shape index (κ1) is 15.5. The van der Waals surface area contributed by atoms with Crippen molar-refractivity contribution >= 4 is 29.4 Å². The molecule has 2 aromatic carbocycles. The van der Waals surface area contributed by atoms with Crippen LogP contribution in [0.15, 0.2) is 47.6 Å². The Labute approximate surface area is 132 Å². The zero-order chi connectivity index (χ0) is 15.1. The zero-order valence-electron chi connectivity index (χ0n) is 11.0. The van der Waals surface area contributed by atoms with Crippen LogP contribution in [0.5, 0.6) is 11.5 Å². The summed E-state index contributed by atoms with van der Waals surface area (Å²) in [6, 6.07) is 12.2. The van der Waals surface area contributed by atoms with E-state index in [2.05, 4.69) is 5.16 Å². The van der Waals surface area contributed by atoms with Crippen LogP contribution in [-0.2, 0) is 0 Å². The van der Waals surface area contributed by atoms with Crippen LogP contribution in [0.4, 0.5) is 0 Å². The maximum absolute atomic E-state index is 8.58. The fourth-order valence-electron chi connectivity index (χ4n) is 1.67. The lowest BCUT2D eigenvalue weighted by Gasteiger charge is -2.11. The third-order valence-corrected chi connectivity index (χ3v) is 3.15. The van der Waals surface area contributed by atoms with Gasteiger partial charge in [0.1, 0.15) is 24.7 Å². The van der Waals surface area contributed by atoms with Crippen LogP contribution in [0.2, 0.25) is 10.0 Å². The number of para-hydroxylation sites is 1. The predicted molar refractivity (Wildman–Crippen MR) is 83.3 cm³/mol. The van der Waals surface area contributed by atoms with Crippen molar-refractivity contribution in [3.05, 3.63) is 58.1 Å². The third kappa shape index (κ3) is 4.55. The molecule has 0 bridgehead atoms. The third-order valence-electron chi connectivity index (χ3n) is 2.61. The molecule has 21 heavy (non-hydrogen) atoms. The fraction of sp³-hybridized carbons (Fsp3) is 0.133. The van der Waals surface area contributed by atoms with Crippen molar-refractivity contribution in [2.24, 2.45) is 5.16 Å². The van der Waals surface area contributed by atoms with E-state index >= 15 is 0 Å². The van der Waals surface area contributed by atoms with Gasteiger partial charge in [-0.1, -0.05) is 40.5 Å². The SMILES string of the molecule is ON=Cc1ccccc1OCCOc1cc(Cl)ccc1Cl. The largest absolute Gasteiger partial charge is 0.489 e. The van der Waals surface area contributed by atoms with Crippen LogP contribution in [0, 0.1) is 0 Å². The molecule has 0 aliphatic heterocycles. The maximum atomic E-state index is 8.58. The quantitative estimate of drug-likeness (QED) is 0.373. The molecule has 0 aliphatic carbocycles. The van der Waals surface area contributed by atoms with E-state index in [9.17, 15) is 0 Å². The summed E-state index contributed by atoms with van der Waals surface area (Å²) in [7, 11) is 0. The minimum absolute atomic E-state index is 0.310. The number of hydrogen-bond donors (Lipinski definition) is 1. The van der Waals surface area contributed by atoms with Gasteiger partial charge in [-0.15, -0.1) is 0 Å². The summed E-state index contributed by atoms with van der Waals surface area (Å²) in [5.41, 5.74) is 0.681. The lowest BCUT2D eigenvalue weighted by molar-refractivity contribution is 0.217. The summed E-state index contributed by atoms with van der Waals surface area (Å²) in [6.45, 7) is 0.629. The van der Waals surface area contributed by atoms with Crippen molar-refractivity contribution in [3.63, 3.8) is 0 Å². The average Bonchev–Trinajstić information content (AvgIpc) is 2.49. The molecule has 0 spiro atoms. The second kappa shape index (κ2) is 7.76. The van der Waals surface area contributed by atoms with E-state index in [4.69, 9.17) is 37.9 Å². The average molecular weight is 326 g/mol. The molecule has 0 aliphatic rings. The van der Waals surface area contributed by atoms with Gasteiger partial charge in [-0.25, -0.2) is 0 Å². The molecule has 0 aromatic heterocycles. The van der Waals surface area contributed by atoms with Gasteiger partial charge in [-0.05, 0) is 24.3 Å². The molecule has 110 valence electrons. The van der Waals surface area contributed by atoms with Gasteiger partial charge in [0.15, 0.2) is 0 Å². The monoisotopic (exact) mass is 325 g/mol. The molecule has 0 amide bonds. The van der Waals surface area contributed by atoms with Gasteiger partial charge >= 0.3 is 0 Å². The van der Waals surface area contributed by atoms with Crippen LogP contribution in [0.1, 0.15) is 5.56 Å². The lowest BCUT2D eigenvalue weighted by atomic mass is 10.2. The van der Waals surface area contributed by atoms with E-state index in [1.165, 1.54) is 6.21 Å². The summed E-state index contributed by atoms with van der Waals surface area (Å²) in [5.74, 6) is 1.12. The van der Waals surface area contributed by atoms with Crippen LogP contribution in [0.25, 0.3) is 0 Å². The number of hydrogen-bond acceptors (Lipinski definition) is 4. The number of benzene rings is 2. The second-order valence-electron chi connectivity index (χ2n) is 4.05. The Morgan fingerprint density at radius 2 is 1.71 bits per heavy atom. The highest BCUT2D eigenvalue weighted by Crippen LogP contribution is 2.27. The molecular weight excluding hydrogens is 313 g/mol. The van der Waals surface area contributed by atoms with Crippen LogP contribution < -0.4 is 9.47 Å². The Morgan fingerprint density at radius 1 is 1.00 bits per heavy atom. The minimum atomic E-state index is 0.310. The van der Waals surface area contributed by atoms with Gasteiger partial charge in [-0.3, -0.25) is 0 Å². The molecule has 0 radical (unpaired) electrons. The van der Waals surface area contributed by atoms with E-state index in [1.807, 2.05) is 12.1 Å². The molecule has 0 saturated carbocycles. The van der Waals surface area contributed by atoms with Crippen molar-refractivity contribution in [1.82, 2.24) is 0 Å². The first-order chi connectivity index (χ1) is 10.2. The molecule has 2 aromatic rings. The standard InChI is InChI=1S/C15H13Cl2NO3/c16-12-5-6-13(17)15(9-12)21-8-7-20-14-4-2-1-3-11(14)10-18-19/h1-6,9-10,19H,7-8H2. The highest BCUT2D eigenvalue weighted by atomic mass is 35.5. The van der Waals surface area contributed by atoms with E-state index in [0.717, 1.165) is 0 Å².